The van der Waals surface area contributed by atoms with Crippen LogP contribution in [0.25, 0.3) is 0 Å². The Bertz CT molecular complexity index is 489. The second-order valence-electron chi connectivity index (χ2n) is 3.04. The Morgan fingerprint density at radius 2 is 2.33 bits per heavy atom. The maximum Gasteiger partial charge on any atom is 0.268 e. The Kier molecular flexibility index (Phi) is 2.51. The van der Waals surface area contributed by atoms with Crippen molar-refractivity contribution in [1.29, 1.82) is 0 Å². The zero-order chi connectivity index (χ0) is 10.8. The number of carbonyl (C=O) groups excluding carboxylic acids is 1. The summed E-state index contributed by atoms with van der Waals surface area (Å²) in [5.74, 6) is 0.875. The van der Waals surface area contributed by atoms with Crippen LogP contribution in [-0.2, 0) is 0 Å². The van der Waals surface area contributed by atoms with Crippen LogP contribution in [0.1, 0.15) is 21.1 Å². The van der Waals surface area contributed by atoms with E-state index in [0.29, 0.717) is 16.5 Å². The third-order valence-electron chi connectivity index (χ3n) is 1.82. The minimum absolute atomic E-state index is 0.205. The van der Waals surface area contributed by atoms with Crippen molar-refractivity contribution in [1.82, 2.24) is 10.1 Å². The van der Waals surface area contributed by atoms with Crippen molar-refractivity contribution >= 4 is 23.1 Å². The fourth-order valence-electron chi connectivity index (χ4n) is 1.12. The largest absolute Gasteiger partial charge is 0.360 e. The van der Waals surface area contributed by atoms with Gasteiger partial charge in [-0.05, 0) is 13.8 Å². The third-order valence-corrected chi connectivity index (χ3v) is 2.75. The number of aromatic nitrogens is 2. The monoisotopic (exact) mass is 223 g/mol. The van der Waals surface area contributed by atoms with E-state index in [1.165, 1.54) is 11.3 Å². The number of amides is 1. The third kappa shape index (κ3) is 2.04. The number of aryl methyl sites for hydroxylation is 2. The molecule has 0 saturated carbocycles. The summed E-state index contributed by atoms with van der Waals surface area (Å²) in [5, 5.41) is 6.31. The first-order valence-electron chi connectivity index (χ1n) is 4.31. The van der Waals surface area contributed by atoms with Gasteiger partial charge in [0.05, 0.1) is 11.2 Å². The first-order valence-corrected chi connectivity index (χ1v) is 5.19. The molecule has 0 aromatic carbocycles. The lowest BCUT2D eigenvalue weighted by atomic mass is 10.3. The number of nitrogens with one attached hydrogen (secondary N) is 1. The first kappa shape index (κ1) is 9.85. The lowest BCUT2D eigenvalue weighted by Gasteiger charge is -1.97. The molecule has 0 bridgehead atoms. The Balaban J connectivity index is 2.14. The predicted molar refractivity (Wildman–Crippen MR) is 56.0 cm³/mol. The van der Waals surface area contributed by atoms with E-state index in [0.717, 1.165) is 5.69 Å². The van der Waals surface area contributed by atoms with E-state index in [-0.39, 0.29) is 5.91 Å². The van der Waals surface area contributed by atoms with Crippen LogP contribution >= 0.6 is 11.3 Å². The van der Waals surface area contributed by atoms with E-state index in [9.17, 15) is 4.79 Å². The smallest absolute Gasteiger partial charge is 0.268 e. The van der Waals surface area contributed by atoms with E-state index in [2.05, 4.69) is 15.5 Å². The normalized spacial score (nSPS) is 10.3. The Hall–Kier alpha value is -1.69. The van der Waals surface area contributed by atoms with E-state index in [1.54, 1.807) is 25.4 Å². The molecule has 2 aromatic heterocycles. The zero-order valence-corrected chi connectivity index (χ0v) is 9.09. The molecule has 0 saturated heterocycles. The molecule has 0 atom stereocenters. The summed E-state index contributed by atoms with van der Waals surface area (Å²) in [7, 11) is 0. The molecule has 0 aliphatic rings. The van der Waals surface area contributed by atoms with Crippen molar-refractivity contribution in [3.63, 3.8) is 0 Å². The van der Waals surface area contributed by atoms with Crippen LogP contribution in [0.5, 0.6) is 0 Å². The molecule has 2 aromatic rings. The van der Waals surface area contributed by atoms with Crippen LogP contribution in [0.4, 0.5) is 5.82 Å². The SMILES string of the molecule is Cc1cc(NC(=O)c2scnc2C)no1. The highest BCUT2D eigenvalue weighted by molar-refractivity contribution is 7.12. The van der Waals surface area contributed by atoms with Gasteiger partial charge >= 0.3 is 0 Å². The second kappa shape index (κ2) is 3.82. The van der Waals surface area contributed by atoms with Crippen LogP contribution in [0.3, 0.4) is 0 Å². The lowest BCUT2D eigenvalue weighted by Crippen LogP contribution is -2.11. The topological polar surface area (TPSA) is 68.0 Å². The quantitative estimate of drug-likeness (QED) is 0.845. The van der Waals surface area contributed by atoms with Crippen LogP contribution < -0.4 is 5.32 Å². The van der Waals surface area contributed by atoms with Crippen molar-refractivity contribution in [2.24, 2.45) is 0 Å². The number of hydrogen-bond donors (Lipinski definition) is 1. The Morgan fingerprint density at radius 3 is 2.87 bits per heavy atom. The van der Waals surface area contributed by atoms with Crippen LogP contribution in [0, 0.1) is 13.8 Å². The molecule has 0 aliphatic heterocycles. The summed E-state index contributed by atoms with van der Waals surface area (Å²) in [6.45, 7) is 3.56. The van der Waals surface area contributed by atoms with Crippen molar-refractivity contribution in [3.05, 3.63) is 27.9 Å². The van der Waals surface area contributed by atoms with Gasteiger partial charge in [-0.25, -0.2) is 4.98 Å². The number of hydrogen-bond acceptors (Lipinski definition) is 5. The molecular weight excluding hydrogens is 214 g/mol. The van der Waals surface area contributed by atoms with Gasteiger partial charge in [-0.15, -0.1) is 11.3 Å². The highest BCUT2D eigenvalue weighted by Gasteiger charge is 2.13. The highest BCUT2D eigenvalue weighted by Crippen LogP contribution is 2.15. The number of carbonyl (C=O) groups is 1. The van der Waals surface area contributed by atoms with Gasteiger partial charge in [-0.1, -0.05) is 5.16 Å². The molecule has 6 heteroatoms. The average molecular weight is 223 g/mol. The van der Waals surface area contributed by atoms with Gasteiger partial charge < -0.3 is 9.84 Å². The summed E-state index contributed by atoms with van der Waals surface area (Å²) in [4.78, 5) is 16.3. The van der Waals surface area contributed by atoms with E-state index in [4.69, 9.17) is 4.52 Å². The average Bonchev–Trinajstić information content (AvgIpc) is 2.75. The number of nitrogens with zero attached hydrogens (tertiary/aromatic N) is 2. The maximum atomic E-state index is 11.7. The van der Waals surface area contributed by atoms with Gasteiger partial charge in [0.25, 0.3) is 5.91 Å². The van der Waals surface area contributed by atoms with Crippen molar-refractivity contribution in [3.8, 4) is 0 Å². The molecule has 2 heterocycles. The molecule has 0 aliphatic carbocycles. The fourth-order valence-corrected chi connectivity index (χ4v) is 1.82. The Morgan fingerprint density at radius 1 is 1.53 bits per heavy atom. The number of rotatable bonds is 2. The summed E-state index contributed by atoms with van der Waals surface area (Å²) in [6.07, 6.45) is 0. The van der Waals surface area contributed by atoms with E-state index < -0.39 is 0 Å². The fraction of sp³-hybridized carbons (Fsp3) is 0.222. The molecule has 2 rings (SSSR count). The minimum Gasteiger partial charge on any atom is -0.360 e. The molecular formula is C9H9N3O2S. The van der Waals surface area contributed by atoms with Gasteiger partial charge in [0, 0.05) is 6.07 Å². The van der Waals surface area contributed by atoms with Crippen LogP contribution in [0.2, 0.25) is 0 Å². The minimum atomic E-state index is -0.205. The van der Waals surface area contributed by atoms with Gasteiger partial charge in [0.2, 0.25) is 0 Å². The summed E-state index contributed by atoms with van der Waals surface area (Å²) in [6, 6.07) is 1.66. The van der Waals surface area contributed by atoms with Gasteiger partial charge in [-0.2, -0.15) is 0 Å². The molecule has 0 spiro atoms. The van der Waals surface area contributed by atoms with Crippen molar-refractivity contribution in [2.45, 2.75) is 13.8 Å². The number of anilines is 1. The first-order chi connectivity index (χ1) is 7.16. The van der Waals surface area contributed by atoms with Gasteiger partial charge in [0.15, 0.2) is 5.82 Å². The second-order valence-corrected chi connectivity index (χ2v) is 3.90. The van der Waals surface area contributed by atoms with Crippen molar-refractivity contribution < 1.29 is 9.32 Å². The lowest BCUT2D eigenvalue weighted by molar-refractivity contribution is 0.102. The zero-order valence-electron chi connectivity index (χ0n) is 8.27. The maximum absolute atomic E-state index is 11.7. The molecule has 0 fully saturated rings. The summed E-state index contributed by atoms with van der Waals surface area (Å²) < 4.78 is 4.84. The van der Waals surface area contributed by atoms with Crippen LogP contribution in [-0.4, -0.2) is 16.0 Å². The van der Waals surface area contributed by atoms with Crippen molar-refractivity contribution in [2.75, 3.05) is 5.32 Å². The summed E-state index contributed by atoms with van der Waals surface area (Å²) in [5.41, 5.74) is 2.36. The predicted octanol–water partition coefficient (Wildman–Crippen LogP) is 2.00. The number of thiazole rings is 1. The molecule has 78 valence electrons. The Labute approximate surface area is 90.1 Å². The molecule has 5 nitrogen and oxygen atoms in total. The molecule has 0 unspecified atom stereocenters. The van der Waals surface area contributed by atoms with E-state index >= 15 is 0 Å². The van der Waals surface area contributed by atoms with E-state index in [1.807, 2.05) is 0 Å². The standard InChI is InChI=1S/C9H9N3O2S/c1-5-3-7(12-14-5)11-9(13)8-6(2)10-4-15-8/h3-4H,1-2H3,(H,11,12,13). The molecule has 1 N–H and O–H groups in total. The molecule has 1 amide bonds. The highest BCUT2D eigenvalue weighted by atomic mass is 32.1. The molecule has 15 heavy (non-hydrogen) atoms. The van der Waals surface area contributed by atoms with Gasteiger partial charge in [0.1, 0.15) is 10.6 Å². The summed E-state index contributed by atoms with van der Waals surface area (Å²) >= 11 is 1.30. The molecule has 0 radical (unpaired) electrons. The van der Waals surface area contributed by atoms with Crippen LogP contribution in [0.15, 0.2) is 16.1 Å². The van der Waals surface area contributed by atoms with Gasteiger partial charge in [-0.3, -0.25) is 4.79 Å².